The summed E-state index contributed by atoms with van der Waals surface area (Å²) in [7, 11) is 0. The van der Waals surface area contributed by atoms with Crippen LogP contribution in [0.4, 0.5) is 0 Å². The topological polar surface area (TPSA) is 40.6 Å². The van der Waals surface area contributed by atoms with Crippen LogP contribution in [0.15, 0.2) is 30.3 Å². The van der Waals surface area contributed by atoms with Gasteiger partial charge in [0.05, 0.1) is 0 Å². The number of aryl methyl sites for hydroxylation is 1. The second-order valence-electron chi connectivity index (χ2n) is 7.88. The minimum absolute atomic E-state index is 0.0454. The highest BCUT2D eigenvalue weighted by Gasteiger charge is 2.31. The molecule has 2 saturated heterocycles. The molecule has 2 aliphatic rings. The largest absolute Gasteiger partial charge is 0.342 e. The van der Waals surface area contributed by atoms with Crippen LogP contribution in [0.3, 0.4) is 0 Å². The van der Waals surface area contributed by atoms with E-state index in [1.807, 2.05) is 41.0 Å². The highest BCUT2D eigenvalue weighted by atomic mass is 16.2. The molecule has 140 valence electrons. The molecule has 26 heavy (non-hydrogen) atoms. The smallest absolute Gasteiger partial charge is 0.246 e. The summed E-state index contributed by atoms with van der Waals surface area (Å²) in [4.78, 5) is 29.1. The lowest BCUT2D eigenvalue weighted by atomic mass is 9.92. The third kappa shape index (κ3) is 4.75. The van der Waals surface area contributed by atoms with Crippen LogP contribution < -0.4 is 0 Å². The zero-order chi connectivity index (χ0) is 18.5. The van der Waals surface area contributed by atoms with Gasteiger partial charge in [0.15, 0.2) is 0 Å². The van der Waals surface area contributed by atoms with Crippen LogP contribution in [0.25, 0.3) is 6.08 Å². The van der Waals surface area contributed by atoms with Gasteiger partial charge in [-0.2, -0.15) is 0 Å². The Balaban J connectivity index is 1.50. The van der Waals surface area contributed by atoms with Crippen LogP contribution in [-0.4, -0.2) is 47.8 Å². The van der Waals surface area contributed by atoms with Crippen molar-refractivity contribution >= 4 is 17.9 Å². The molecule has 1 aromatic rings. The van der Waals surface area contributed by atoms with E-state index in [1.165, 1.54) is 12.0 Å². The molecule has 1 aromatic carbocycles. The van der Waals surface area contributed by atoms with Gasteiger partial charge in [-0.3, -0.25) is 9.59 Å². The Kier molecular flexibility index (Phi) is 6.12. The number of carbonyl (C=O) groups is 2. The predicted octanol–water partition coefficient (Wildman–Crippen LogP) is 3.51. The van der Waals surface area contributed by atoms with E-state index in [0.29, 0.717) is 24.9 Å². The molecular formula is C22H30N2O2. The predicted molar refractivity (Wildman–Crippen MR) is 104 cm³/mol. The minimum Gasteiger partial charge on any atom is -0.342 e. The molecule has 2 aliphatic heterocycles. The fourth-order valence-corrected chi connectivity index (χ4v) is 4.04. The van der Waals surface area contributed by atoms with Crippen molar-refractivity contribution in [3.05, 3.63) is 41.5 Å². The van der Waals surface area contributed by atoms with E-state index in [4.69, 9.17) is 0 Å². The maximum Gasteiger partial charge on any atom is 0.246 e. The normalized spacial score (nSPS) is 22.0. The summed E-state index contributed by atoms with van der Waals surface area (Å²) < 4.78 is 0. The van der Waals surface area contributed by atoms with Gasteiger partial charge in [0.25, 0.3) is 0 Å². The number of carbonyl (C=O) groups excluding carboxylic acids is 2. The quantitative estimate of drug-likeness (QED) is 0.780. The van der Waals surface area contributed by atoms with Gasteiger partial charge in [-0.1, -0.05) is 36.8 Å². The number of amides is 2. The van der Waals surface area contributed by atoms with Crippen LogP contribution in [0.5, 0.6) is 0 Å². The third-order valence-electron chi connectivity index (χ3n) is 5.59. The van der Waals surface area contributed by atoms with Gasteiger partial charge in [0.1, 0.15) is 0 Å². The molecule has 0 bridgehead atoms. The number of hydrogen-bond donors (Lipinski definition) is 0. The standard InChI is InChI=1S/C22H30N2O2/c1-17-5-3-7-19(15-17)8-9-21(25)23-13-10-20(11-14-23)22(26)24-12-4-6-18(2)16-24/h3,5,7-9,15,18,20H,4,6,10-14,16H2,1-2H3. The lowest BCUT2D eigenvalue weighted by Gasteiger charge is -2.37. The van der Waals surface area contributed by atoms with E-state index in [9.17, 15) is 9.59 Å². The summed E-state index contributed by atoms with van der Waals surface area (Å²) in [5, 5.41) is 0. The molecule has 1 unspecified atom stereocenters. The maximum absolute atomic E-state index is 12.7. The number of hydrogen-bond acceptors (Lipinski definition) is 2. The van der Waals surface area contributed by atoms with Gasteiger partial charge in [-0.25, -0.2) is 0 Å². The molecule has 3 rings (SSSR count). The van der Waals surface area contributed by atoms with Crippen molar-refractivity contribution in [3.63, 3.8) is 0 Å². The Morgan fingerprint density at radius 2 is 1.85 bits per heavy atom. The molecule has 4 nitrogen and oxygen atoms in total. The molecule has 0 saturated carbocycles. The Bertz CT molecular complexity index is 674. The van der Waals surface area contributed by atoms with Gasteiger partial charge < -0.3 is 9.80 Å². The van der Waals surface area contributed by atoms with Crippen LogP contribution in [0.2, 0.25) is 0 Å². The summed E-state index contributed by atoms with van der Waals surface area (Å²) >= 11 is 0. The molecule has 1 atom stereocenters. The van der Waals surface area contributed by atoms with Crippen molar-refractivity contribution in [2.45, 2.75) is 39.5 Å². The number of likely N-dealkylation sites (tertiary alicyclic amines) is 2. The average Bonchev–Trinajstić information content (AvgIpc) is 2.66. The van der Waals surface area contributed by atoms with Gasteiger partial charge in [-0.15, -0.1) is 0 Å². The van der Waals surface area contributed by atoms with Gasteiger partial charge in [0.2, 0.25) is 11.8 Å². The Morgan fingerprint density at radius 1 is 1.08 bits per heavy atom. The number of benzene rings is 1. The van der Waals surface area contributed by atoms with Crippen molar-refractivity contribution in [2.24, 2.45) is 11.8 Å². The molecule has 0 N–H and O–H groups in total. The first-order valence-electron chi connectivity index (χ1n) is 9.85. The van der Waals surface area contributed by atoms with E-state index in [0.717, 1.165) is 37.9 Å². The Hall–Kier alpha value is -2.10. The van der Waals surface area contributed by atoms with Crippen molar-refractivity contribution in [2.75, 3.05) is 26.2 Å². The fourth-order valence-electron chi connectivity index (χ4n) is 4.04. The summed E-state index contributed by atoms with van der Waals surface area (Å²) in [5.41, 5.74) is 2.23. The summed E-state index contributed by atoms with van der Waals surface area (Å²) in [6, 6.07) is 8.11. The number of piperidine rings is 2. The molecule has 0 spiro atoms. The van der Waals surface area contributed by atoms with E-state index < -0.39 is 0 Å². The zero-order valence-electron chi connectivity index (χ0n) is 16.0. The molecule has 4 heteroatoms. The van der Waals surface area contributed by atoms with Crippen LogP contribution in [0, 0.1) is 18.8 Å². The second kappa shape index (κ2) is 8.52. The average molecular weight is 354 g/mol. The molecule has 0 aliphatic carbocycles. The van der Waals surface area contributed by atoms with Crippen LogP contribution >= 0.6 is 0 Å². The van der Waals surface area contributed by atoms with Gasteiger partial charge in [0, 0.05) is 38.2 Å². The van der Waals surface area contributed by atoms with Crippen molar-refractivity contribution < 1.29 is 9.59 Å². The van der Waals surface area contributed by atoms with Gasteiger partial charge in [-0.05, 0) is 50.2 Å². The highest BCUT2D eigenvalue weighted by molar-refractivity contribution is 5.92. The molecular weight excluding hydrogens is 324 g/mol. The number of rotatable bonds is 3. The molecule has 0 aromatic heterocycles. The van der Waals surface area contributed by atoms with Crippen LogP contribution in [-0.2, 0) is 9.59 Å². The first kappa shape index (κ1) is 18.7. The summed E-state index contributed by atoms with van der Waals surface area (Å²) in [5.74, 6) is 1.05. The molecule has 2 heterocycles. The first-order valence-corrected chi connectivity index (χ1v) is 9.85. The van der Waals surface area contributed by atoms with Crippen molar-refractivity contribution in [3.8, 4) is 0 Å². The summed E-state index contributed by atoms with van der Waals surface area (Å²) in [6.45, 7) is 7.43. The monoisotopic (exact) mass is 354 g/mol. The van der Waals surface area contributed by atoms with Gasteiger partial charge >= 0.3 is 0 Å². The zero-order valence-corrected chi connectivity index (χ0v) is 16.0. The number of nitrogens with zero attached hydrogens (tertiary/aromatic N) is 2. The van der Waals surface area contributed by atoms with Crippen molar-refractivity contribution in [1.29, 1.82) is 0 Å². The molecule has 0 radical (unpaired) electrons. The van der Waals surface area contributed by atoms with Crippen molar-refractivity contribution in [1.82, 2.24) is 9.80 Å². The van der Waals surface area contributed by atoms with E-state index in [2.05, 4.69) is 13.0 Å². The highest BCUT2D eigenvalue weighted by Crippen LogP contribution is 2.23. The van der Waals surface area contributed by atoms with Crippen LogP contribution in [0.1, 0.15) is 43.7 Å². The molecule has 2 fully saturated rings. The fraction of sp³-hybridized carbons (Fsp3) is 0.545. The first-order chi connectivity index (χ1) is 12.5. The Labute approximate surface area is 156 Å². The SMILES string of the molecule is Cc1cccc(C=CC(=O)N2CCC(C(=O)N3CCCC(C)C3)CC2)c1. The maximum atomic E-state index is 12.7. The Morgan fingerprint density at radius 3 is 2.54 bits per heavy atom. The molecule has 2 amide bonds. The second-order valence-corrected chi connectivity index (χ2v) is 7.88. The van der Waals surface area contributed by atoms with E-state index in [1.54, 1.807) is 6.08 Å². The summed E-state index contributed by atoms with van der Waals surface area (Å²) in [6.07, 6.45) is 7.45. The lowest BCUT2D eigenvalue weighted by molar-refractivity contribution is -0.140. The van der Waals surface area contributed by atoms with E-state index >= 15 is 0 Å². The minimum atomic E-state index is 0.0454. The van der Waals surface area contributed by atoms with E-state index in [-0.39, 0.29) is 11.8 Å². The third-order valence-corrected chi connectivity index (χ3v) is 5.59. The lowest BCUT2D eigenvalue weighted by Crippen LogP contribution is -2.46.